The van der Waals surface area contributed by atoms with E-state index in [0.717, 1.165) is 16.7 Å². The van der Waals surface area contributed by atoms with E-state index in [1.165, 1.54) is 12.1 Å². The molecule has 0 aromatic heterocycles. The molecule has 2 rings (SSSR count). The third kappa shape index (κ3) is 4.95. The zero-order valence-electron chi connectivity index (χ0n) is 11.2. The lowest BCUT2D eigenvalue weighted by Crippen LogP contribution is -2.16. The van der Waals surface area contributed by atoms with E-state index >= 15 is 0 Å². The minimum atomic E-state index is -4.67. The van der Waals surface area contributed by atoms with E-state index in [1.807, 2.05) is 31.2 Å². The van der Waals surface area contributed by atoms with E-state index in [0.29, 0.717) is 0 Å². The Morgan fingerprint density at radius 1 is 0.905 bits per heavy atom. The lowest BCUT2D eigenvalue weighted by molar-refractivity contribution is -0.274. The molecule has 0 fully saturated rings. The zero-order chi connectivity index (χ0) is 14.8. The summed E-state index contributed by atoms with van der Waals surface area (Å²) in [6, 6.07) is 13.3. The molecule has 2 N–H and O–H groups in total. The van der Waals surface area contributed by atoms with Crippen LogP contribution >= 0.6 is 12.4 Å². The summed E-state index contributed by atoms with van der Waals surface area (Å²) >= 11 is 0. The van der Waals surface area contributed by atoms with Crippen LogP contribution in [0.4, 0.5) is 13.2 Å². The minimum Gasteiger partial charge on any atom is -0.406 e. The molecule has 0 aliphatic heterocycles. The van der Waals surface area contributed by atoms with Crippen molar-refractivity contribution in [2.45, 2.75) is 19.3 Å². The topological polar surface area (TPSA) is 35.2 Å². The Balaban J connectivity index is 0.00000220. The average Bonchev–Trinajstić information content (AvgIpc) is 2.38. The maximum atomic E-state index is 12.1. The van der Waals surface area contributed by atoms with Gasteiger partial charge in [0.15, 0.2) is 0 Å². The van der Waals surface area contributed by atoms with Gasteiger partial charge in [0.25, 0.3) is 0 Å². The van der Waals surface area contributed by atoms with E-state index in [2.05, 4.69) is 4.74 Å². The molecule has 1 atom stereocenters. The van der Waals surface area contributed by atoms with Crippen molar-refractivity contribution < 1.29 is 17.9 Å². The van der Waals surface area contributed by atoms with Crippen molar-refractivity contribution in [2.75, 3.05) is 0 Å². The van der Waals surface area contributed by atoms with Gasteiger partial charge in [-0.3, -0.25) is 0 Å². The summed E-state index contributed by atoms with van der Waals surface area (Å²) in [4.78, 5) is 0. The maximum absolute atomic E-state index is 12.1. The average molecular weight is 318 g/mol. The van der Waals surface area contributed by atoms with E-state index in [-0.39, 0.29) is 24.2 Å². The third-order valence-electron chi connectivity index (χ3n) is 2.86. The molecule has 6 heteroatoms. The predicted octanol–water partition coefficient (Wildman–Crippen LogP) is 4.69. The van der Waals surface area contributed by atoms with Gasteiger partial charge in [-0.1, -0.05) is 36.4 Å². The predicted molar refractivity (Wildman–Crippen MR) is 78.4 cm³/mol. The van der Waals surface area contributed by atoms with Crippen LogP contribution in [0.15, 0.2) is 48.5 Å². The fraction of sp³-hybridized carbons (Fsp3) is 0.200. The Kier molecular flexibility index (Phi) is 5.63. The molecule has 0 spiro atoms. The molecule has 114 valence electrons. The molecule has 2 aromatic rings. The summed E-state index contributed by atoms with van der Waals surface area (Å²) < 4.78 is 40.0. The molecule has 0 saturated heterocycles. The number of hydrogen-bond acceptors (Lipinski definition) is 2. The molecule has 0 bridgehead atoms. The van der Waals surface area contributed by atoms with Crippen molar-refractivity contribution >= 4 is 12.4 Å². The van der Waals surface area contributed by atoms with Crippen molar-refractivity contribution in [3.05, 3.63) is 54.1 Å². The van der Waals surface area contributed by atoms with Crippen LogP contribution < -0.4 is 10.5 Å². The van der Waals surface area contributed by atoms with Crippen molar-refractivity contribution in [3.63, 3.8) is 0 Å². The largest absolute Gasteiger partial charge is 0.573 e. The van der Waals surface area contributed by atoms with Gasteiger partial charge < -0.3 is 10.5 Å². The van der Waals surface area contributed by atoms with Crippen molar-refractivity contribution in [1.29, 1.82) is 0 Å². The Hall–Kier alpha value is -1.72. The van der Waals surface area contributed by atoms with Gasteiger partial charge in [0.1, 0.15) is 5.75 Å². The molecule has 0 saturated carbocycles. The highest BCUT2D eigenvalue weighted by Crippen LogP contribution is 2.27. The number of rotatable bonds is 3. The van der Waals surface area contributed by atoms with Crippen LogP contribution in [0, 0.1) is 0 Å². The van der Waals surface area contributed by atoms with Crippen LogP contribution in [0.2, 0.25) is 0 Å². The fourth-order valence-electron chi connectivity index (χ4n) is 1.83. The van der Waals surface area contributed by atoms with Gasteiger partial charge in [-0.25, -0.2) is 0 Å². The smallest absolute Gasteiger partial charge is 0.406 e. The molecule has 21 heavy (non-hydrogen) atoms. The molecular weight excluding hydrogens is 303 g/mol. The second-order valence-electron chi connectivity index (χ2n) is 4.48. The molecule has 0 amide bonds. The molecule has 2 nitrogen and oxygen atoms in total. The number of nitrogens with two attached hydrogens (primary N) is 1. The number of alkyl halides is 3. The highest BCUT2D eigenvalue weighted by atomic mass is 35.5. The standard InChI is InChI=1S/C15H14F3NO.ClH/c1-10(19)11-2-4-12(5-3-11)13-6-8-14(9-7-13)20-15(16,17)18;/h2-10H,19H2,1H3;1H. The Morgan fingerprint density at radius 2 is 1.33 bits per heavy atom. The van der Waals surface area contributed by atoms with Crippen molar-refractivity contribution in [3.8, 4) is 16.9 Å². The number of ether oxygens (including phenoxy) is 1. The Labute approximate surface area is 127 Å². The molecular formula is C15H15ClF3NO. The highest BCUT2D eigenvalue weighted by Gasteiger charge is 2.30. The summed E-state index contributed by atoms with van der Waals surface area (Å²) in [6.45, 7) is 1.89. The zero-order valence-corrected chi connectivity index (χ0v) is 12.0. The van der Waals surface area contributed by atoms with Crippen LogP contribution in [-0.2, 0) is 0 Å². The number of halogens is 4. The maximum Gasteiger partial charge on any atom is 0.573 e. The Bertz CT molecular complexity index is 565. The summed E-state index contributed by atoms with van der Waals surface area (Å²) in [5.74, 6) is -0.228. The van der Waals surface area contributed by atoms with E-state index < -0.39 is 6.36 Å². The SMILES string of the molecule is CC(N)c1ccc(-c2ccc(OC(F)(F)F)cc2)cc1.Cl. The van der Waals surface area contributed by atoms with E-state index in [1.54, 1.807) is 12.1 Å². The van der Waals surface area contributed by atoms with Gasteiger partial charge in [0.05, 0.1) is 0 Å². The molecule has 2 aromatic carbocycles. The molecule has 1 unspecified atom stereocenters. The summed E-state index contributed by atoms with van der Waals surface area (Å²) in [7, 11) is 0. The second kappa shape index (κ2) is 6.83. The van der Waals surface area contributed by atoms with Gasteiger partial charge in [-0.15, -0.1) is 25.6 Å². The lowest BCUT2D eigenvalue weighted by atomic mass is 10.0. The first-order valence-corrected chi connectivity index (χ1v) is 6.07. The van der Waals surface area contributed by atoms with Gasteiger partial charge >= 0.3 is 6.36 Å². The number of benzene rings is 2. The molecule has 0 radical (unpaired) electrons. The minimum absolute atomic E-state index is 0. The van der Waals surface area contributed by atoms with Crippen LogP contribution in [0.1, 0.15) is 18.5 Å². The Morgan fingerprint density at radius 3 is 1.71 bits per heavy atom. The lowest BCUT2D eigenvalue weighted by Gasteiger charge is -2.10. The van der Waals surface area contributed by atoms with Crippen LogP contribution in [0.25, 0.3) is 11.1 Å². The first-order chi connectivity index (χ1) is 9.35. The second-order valence-corrected chi connectivity index (χ2v) is 4.48. The summed E-state index contributed by atoms with van der Waals surface area (Å²) in [5, 5.41) is 0. The van der Waals surface area contributed by atoms with Crippen LogP contribution in [-0.4, -0.2) is 6.36 Å². The normalized spacial score (nSPS) is 12.4. The molecule has 0 aliphatic rings. The van der Waals surface area contributed by atoms with Gasteiger partial charge in [-0.2, -0.15) is 0 Å². The first kappa shape index (κ1) is 17.3. The first-order valence-electron chi connectivity index (χ1n) is 6.07. The van der Waals surface area contributed by atoms with Crippen molar-refractivity contribution in [2.24, 2.45) is 5.73 Å². The van der Waals surface area contributed by atoms with E-state index in [4.69, 9.17) is 5.73 Å². The molecule has 0 aliphatic carbocycles. The fourth-order valence-corrected chi connectivity index (χ4v) is 1.83. The van der Waals surface area contributed by atoms with Crippen molar-refractivity contribution in [1.82, 2.24) is 0 Å². The van der Waals surface area contributed by atoms with Gasteiger partial charge in [0, 0.05) is 6.04 Å². The summed E-state index contributed by atoms with van der Waals surface area (Å²) in [6.07, 6.45) is -4.67. The van der Waals surface area contributed by atoms with Gasteiger partial charge in [0.2, 0.25) is 0 Å². The van der Waals surface area contributed by atoms with E-state index in [9.17, 15) is 13.2 Å². The third-order valence-corrected chi connectivity index (χ3v) is 2.86. The molecule has 0 heterocycles. The van der Waals surface area contributed by atoms with Crippen LogP contribution in [0.5, 0.6) is 5.75 Å². The van der Waals surface area contributed by atoms with Gasteiger partial charge in [-0.05, 0) is 35.7 Å². The van der Waals surface area contributed by atoms with Crippen LogP contribution in [0.3, 0.4) is 0 Å². The highest BCUT2D eigenvalue weighted by molar-refractivity contribution is 5.85. The monoisotopic (exact) mass is 317 g/mol. The quantitative estimate of drug-likeness (QED) is 0.891. The summed E-state index contributed by atoms with van der Waals surface area (Å²) in [5.41, 5.74) is 8.49. The number of hydrogen-bond donors (Lipinski definition) is 1.